The van der Waals surface area contributed by atoms with Crippen molar-refractivity contribution in [2.45, 2.75) is 26.2 Å². The summed E-state index contributed by atoms with van der Waals surface area (Å²) in [6, 6.07) is 0. The molecular formula is C18H36N14O4. The molecule has 0 fully saturated rings. The van der Waals surface area contributed by atoms with Gasteiger partial charge in [-0.3, -0.25) is 25.2 Å². The number of aliphatic imine (C=N–C) groups is 6. The lowest BCUT2D eigenvalue weighted by Gasteiger charge is -2.06. The molecule has 0 spiro atoms. The van der Waals surface area contributed by atoms with Crippen LogP contribution >= 0.6 is 0 Å². The molecule has 0 atom stereocenters. The molecule has 36 heavy (non-hydrogen) atoms. The highest BCUT2D eigenvalue weighted by Gasteiger charge is 2.07. The Morgan fingerprint density at radius 3 is 1.67 bits per heavy atom. The van der Waals surface area contributed by atoms with Gasteiger partial charge in [0.15, 0.2) is 23.8 Å². The summed E-state index contributed by atoms with van der Waals surface area (Å²) in [6.07, 6.45) is 0.342. The number of nitrogens with one attached hydrogen (secondary N) is 2. The first-order valence-corrected chi connectivity index (χ1v) is 10.6. The Kier molecular flexibility index (Phi) is 16.3. The highest BCUT2D eigenvalue weighted by Crippen LogP contribution is 2.00. The number of amidine groups is 1. The fraction of sp³-hybridized carbons (Fsp3) is 0.556. The smallest absolute Gasteiger partial charge is 0.305 e. The Bertz CT molecular complexity index is 890. The molecule has 0 radical (unpaired) electrons. The monoisotopic (exact) mass is 512 g/mol. The quantitative estimate of drug-likeness (QED) is 0.0536. The first-order valence-electron chi connectivity index (χ1n) is 10.6. The van der Waals surface area contributed by atoms with Crippen molar-refractivity contribution in [1.82, 2.24) is 10.6 Å². The van der Waals surface area contributed by atoms with Crippen LogP contribution < -0.4 is 45.0 Å². The van der Waals surface area contributed by atoms with Gasteiger partial charge < -0.3 is 43.9 Å². The second-order valence-corrected chi connectivity index (χ2v) is 6.64. The van der Waals surface area contributed by atoms with Crippen LogP contribution in [-0.2, 0) is 19.1 Å². The largest absolute Gasteiger partial charge is 0.464 e. The van der Waals surface area contributed by atoms with Crippen molar-refractivity contribution >= 4 is 47.6 Å². The van der Waals surface area contributed by atoms with Crippen molar-refractivity contribution in [3.05, 3.63) is 0 Å². The zero-order valence-corrected chi connectivity index (χ0v) is 20.4. The summed E-state index contributed by atoms with van der Waals surface area (Å²) in [5.74, 6) is -0.670. The lowest BCUT2D eigenvalue weighted by Crippen LogP contribution is -2.42. The summed E-state index contributed by atoms with van der Waals surface area (Å²) in [5, 5.41) is 5.07. The molecule has 0 bridgehead atoms. The molecule has 0 aromatic carbocycles. The maximum Gasteiger partial charge on any atom is 0.305 e. The molecule has 202 valence electrons. The zero-order chi connectivity index (χ0) is 27.3. The van der Waals surface area contributed by atoms with Gasteiger partial charge in [0.1, 0.15) is 19.9 Å². The number of carbonyl (C=O) groups excluding carboxylic acids is 2. The summed E-state index contributed by atoms with van der Waals surface area (Å²) in [4.78, 5) is 46.3. The third-order valence-electron chi connectivity index (χ3n) is 3.55. The van der Waals surface area contributed by atoms with E-state index in [0.29, 0.717) is 0 Å². The SMILES string of the molecule is CN=C(N)NC(N)=NCCOC(=O)CCCC(=O)OCCN=C(N)NC(N)=NCN=C(N)N=C(C)N. The molecule has 0 aliphatic heterocycles. The lowest BCUT2D eigenvalue weighted by atomic mass is 10.2. The molecule has 18 heteroatoms. The van der Waals surface area contributed by atoms with E-state index in [9.17, 15) is 9.59 Å². The number of carbonyl (C=O) groups is 2. The van der Waals surface area contributed by atoms with Crippen molar-refractivity contribution < 1.29 is 19.1 Å². The van der Waals surface area contributed by atoms with Crippen LogP contribution in [0.25, 0.3) is 0 Å². The highest BCUT2D eigenvalue weighted by atomic mass is 16.5. The van der Waals surface area contributed by atoms with Crippen LogP contribution in [0.1, 0.15) is 26.2 Å². The number of esters is 2. The van der Waals surface area contributed by atoms with Crippen molar-refractivity contribution in [3.63, 3.8) is 0 Å². The average molecular weight is 513 g/mol. The van der Waals surface area contributed by atoms with Crippen LogP contribution in [0.3, 0.4) is 0 Å². The number of nitrogens with zero attached hydrogens (tertiary/aromatic N) is 6. The normalized spacial score (nSPS) is 13.8. The van der Waals surface area contributed by atoms with Gasteiger partial charge in [0, 0.05) is 19.9 Å². The Labute approximate surface area is 208 Å². The van der Waals surface area contributed by atoms with E-state index in [1.807, 2.05) is 0 Å². The Hall–Kier alpha value is -4.64. The summed E-state index contributed by atoms with van der Waals surface area (Å²) in [7, 11) is 1.49. The Morgan fingerprint density at radius 1 is 0.722 bits per heavy atom. The van der Waals surface area contributed by atoms with Crippen LogP contribution in [-0.4, -0.2) is 87.6 Å². The van der Waals surface area contributed by atoms with Crippen LogP contribution in [0, 0.1) is 0 Å². The van der Waals surface area contributed by atoms with Crippen LogP contribution in [0.5, 0.6) is 0 Å². The number of nitrogens with two attached hydrogens (primary N) is 6. The van der Waals surface area contributed by atoms with Crippen molar-refractivity contribution in [3.8, 4) is 0 Å². The summed E-state index contributed by atoms with van der Waals surface area (Å²) < 4.78 is 10.0. The van der Waals surface area contributed by atoms with Crippen molar-refractivity contribution in [1.29, 1.82) is 0 Å². The molecule has 0 unspecified atom stereocenters. The van der Waals surface area contributed by atoms with E-state index < -0.39 is 11.9 Å². The maximum atomic E-state index is 11.7. The number of rotatable bonds is 12. The summed E-state index contributed by atoms with van der Waals surface area (Å²) in [6.45, 7) is 1.72. The number of hydrogen-bond donors (Lipinski definition) is 8. The standard InChI is InChI=1S/C18H36N14O4/c1-11(19)30-17(23)28-10-29-18(24)32-16(22)27-7-9-36-13(34)5-3-4-12(33)35-8-6-26-15(21)31-14(20)25-2/h3-10H2,1-2H3,(H4,19,23,28,30)(H5,20,21,25,26,31)(H5,22,24,27,29,32). The van der Waals surface area contributed by atoms with E-state index in [4.69, 9.17) is 43.9 Å². The van der Waals surface area contributed by atoms with Crippen LogP contribution in [0.2, 0.25) is 0 Å². The molecule has 0 amide bonds. The summed E-state index contributed by atoms with van der Waals surface area (Å²) in [5.41, 5.74) is 33.1. The van der Waals surface area contributed by atoms with Crippen molar-refractivity contribution in [2.75, 3.05) is 40.0 Å². The highest BCUT2D eigenvalue weighted by molar-refractivity contribution is 5.97. The topological polar surface area (TPSA) is 307 Å². The molecule has 0 rings (SSSR count). The second kappa shape index (κ2) is 18.7. The molecule has 0 aromatic heterocycles. The van der Waals surface area contributed by atoms with Crippen molar-refractivity contribution in [2.24, 2.45) is 64.4 Å². The minimum Gasteiger partial charge on any atom is -0.464 e. The third kappa shape index (κ3) is 18.9. The first-order chi connectivity index (χ1) is 17.0. The van der Waals surface area contributed by atoms with E-state index in [1.54, 1.807) is 6.92 Å². The average Bonchev–Trinajstić information content (AvgIpc) is 2.79. The number of hydrogen-bond acceptors (Lipinski definition) is 9. The van der Waals surface area contributed by atoms with Crippen LogP contribution in [0.4, 0.5) is 0 Å². The van der Waals surface area contributed by atoms with E-state index in [2.05, 4.69) is 40.6 Å². The maximum absolute atomic E-state index is 11.7. The number of ether oxygens (including phenoxy) is 2. The zero-order valence-electron chi connectivity index (χ0n) is 20.4. The van der Waals surface area contributed by atoms with Gasteiger partial charge in [-0.1, -0.05) is 0 Å². The van der Waals surface area contributed by atoms with Gasteiger partial charge in [0.05, 0.1) is 18.9 Å². The van der Waals surface area contributed by atoms with Gasteiger partial charge in [0.2, 0.25) is 5.96 Å². The number of guanidine groups is 5. The third-order valence-corrected chi connectivity index (χ3v) is 3.55. The molecule has 0 saturated heterocycles. The fourth-order valence-corrected chi connectivity index (χ4v) is 2.01. The van der Waals surface area contributed by atoms with Gasteiger partial charge in [0.25, 0.3) is 0 Å². The fourth-order valence-electron chi connectivity index (χ4n) is 2.01. The molecule has 0 aliphatic carbocycles. The molecule has 0 saturated carbocycles. The first kappa shape index (κ1) is 31.4. The predicted molar refractivity (Wildman–Crippen MR) is 138 cm³/mol. The van der Waals surface area contributed by atoms with Gasteiger partial charge >= 0.3 is 11.9 Å². The lowest BCUT2D eigenvalue weighted by molar-refractivity contribution is -0.145. The minimum absolute atomic E-state index is 0.0132. The minimum atomic E-state index is -0.491. The van der Waals surface area contributed by atoms with E-state index in [-0.39, 0.29) is 87.9 Å². The molecule has 0 heterocycles. The summed E-state index contributed by atoms with van der Waals surface area (Å²) >= 11 is 0. The van der Waals surface area contributed by atoms with E-state index in [1.165, 1.54) is 7.05 Å². The molecule has 0 aromatic rings. The van der Waals surface area contributed by atoms with Gasteiger partial charge in [-0.05, 0) is 13.3 Å². The molecular weight excluding hydrogens is 476 g/mol. The molecule has 18 nitrogen and oxygen atoms in total. The van der Waals surface area contributed by atoms with E-state index >= 15 is 0 Å². The van der Waals surface area contributed by atoms with Gasteiger partial charge in [-0.15, -0.1) is 0 Å². The molecule has 0 aliphatic rings. The second-order valence-electron chi connectivity index (χ2n) is 6.64. The van der Waals surface area contributed by atoms with E-state index in [0.717, 1.165) is 0 Å². The molecule has 14 N–H and O–H groups in total. The predicted octanol–water partition coefficient (Wildman–Crippen LogP) is -4.04. The van der Waals surface area contributed by atoms with Gasteiger partial charge in [-0.25, -0.2) is 25.0 Å². The van der Waals surface area contributed by atoms with Gasteiger partial charge in [-0.2, -0.15) is 0 Å². The Balaban J connectivity index is 4.03. The Morgan fingerprint density at radius 2 is 1.19 bits per heavy atom. The van der Waals surface area contributed by atoms with Crippen LogP contribution in [0.15, 0.2) is 30.0 Å².